The summed E-state index contributed by atoms with van der Waals surface area (Å²) in [4.78, 5) is 23.2. The van der Waals surface area contributed by atoms with Gasteiger partial charge in [-0.2, -0.15) is 0 Å². The highest BCUT2D eigenvalue weighted by molar-refractivity contribution is 5.90. The van der Waals surface area contributed by atoms with Crippen molar-refractivity contribution in [1.82, 2.24) is 0 Å². The van der Waals surface area contributed by atoms with Crippen LogP contribution >= 0.6 is 0 Å². The Morgan fingerprint density at radius 1 is 1.05 bits per heavy atom. The fraction of sp³-hybridized carbons (Fsp3) is 0.222. The predicted octanol–water partition coefficient (Wildman–Crippen LogP) is 2.84. The number of hydrogen-bond donors (Lipinski definition) is 1. The largest absolute Gasteiger partial charge is 0.481 e. The van der Waals surface area contributed by atoms with Crippen LogP contribution in [0.25, 0.3) is 0 Å². The van der Waals surface area contributed by atoms with Crippen molar-refractivity contribution >= 4 is 11.9 Å². The Kier molecular flexibility index (Phi) is 3.92. The van der Waals surface area contributed by atoms with E-state index >= 15 is 0 Å². The highest BCUT2D eigenvalue weighted by Gasteiger charge is 2.27. The van der Waals surface area contributed by atoms with Gasteiger partial charge in [0.15, 0.2) is 0 Å². The number of benzene rings is 2. The smallest absolute Gasteiger partial charge is 0.338 e. The summed E-state index contributed by atoms with van der Waals surface area (Å²) in [5, 5.41) is 9.08. The quantitative estimate of drug-likeness (QED) is 0.881. The molecule has 0 aromatic heterocycles. The number of fused-ring (bicyclic) bond motifs is 1. The fourth-order valence-corrected chi connectivity index (χ4v) is 2.73. The second-order valence-corrected chi connectivity index (χ2v) is 5.49. The molecule has 0 fully saturated rings. The van der Waals surface area contributed by atoms with Gasteiger partial charge in [0, 0.05) is 0 Å². The molecule has 0 aliphatic heterocycles. The molecule has 0 heterocycles. The lowest BCUT2D eigenvalue weighted by molar-refractivity contribution is -0.141. The second-order valence-electron chi connectivity index (χ2n) is 5.49. The van der Waals surface area contributed by atoms with Gasteiger partial charge in [-0.05, 0) is 41.7 Å². The molecule has 4 nitrogen and oxygen atoms in total. The zero-order valence-electron chi connectivity index (χ0n) is 12.0. The van der Waals surface area contributed by atoms with Crippen LogP contribution < -0.4 is 0 Å². The summed E-state index contributed by atoms with van der Waals surface area (Å²) in [5.74, 6) is -1.56. The van der Waals surface area contributed by atoms with Crippen LogP contribution in [0.15, 0.2) is 48.5 Å². The van der Waals surface area contributed by atoms with E-state index in [0.29, 0.717) is 18.4 Å². The summed E-state index contributed by atoms with van der Waals surface area (Å²) in [6.07, 6.45) is 1.01. The van der Waals surface area contributed by atoms with Gasteiger partial charge in [0.1, 0.15) is 6.61 Å². The Morgan fingerprint density at radius 3 is 2.50 bits per heavy atom. The normalized spacial score (nSPS) is 16.1. The monoisotopic (exact) mass is 296 g/mol. The molecule has 1 N–H and O–H groups in total. The van der Waals surface area contributed by atoms with E-state index in [-0.39, 0.29) is 18.5 Å². The number of carboxylic acid groups (broad SMARTS) is 1. The molecule has 1 aliphatic carbocycles. The first-order valence-electron chi connectivity index (χ1n) is 7.19. The van der Waals surface area contributed by atoms with Gasteiger partial charge in [0.25, 0.3) is 0 Å². The number of carboxylic acids is 1. The van der Waals surface area contributed by atoms with Crippen molar-refractivity contribution in [3.63, 3.8) is 0 Å². The van der Waals surface area contributed by atoms with Crippen molar-refractivity contribution in [3.05, 3.63) is 70.8 Å². The van der Waals surface area contributed by atoms with Crippen LogP contribution in [0.5, 0.6) is 0 Å². The molecule has 0 saturated carbocycles. The first-order valence-corrected chi connectivity index (χ1v) is 7.19. The van der Waals surface area contributed by atoms with Crippen LogP contribution in [0.3, 0.4) is 0 Å². The number of ether oxygens (including phenoxy) is 1. The Bertz CT molecular complexity index is 706. The minimum absolute atomic E-state index is 0.231. The molecule has 3 rings (SSSR count). The van der Waals surface area contributed by atoms with Gasteiger partial charge in [0.05, 0.1) is 11.5 Å². The van der Waals surface area contributed by atoms with E-state index in [2.05, 4.69) is 0 Å². The third-order valence-electron chi connectivity index (χ3n) is 3.94. The SMILES string of the molecule is O=C(OCc1ccccc1)c1ccc2c(c1)C[C@H](C(=O)O)C2. The van der Waals surface area contributed by atoms with Crippen LogP contribution in [0.2, 0.25) is 0 Å². The average molecular weight is 296 g/mol. The first-order chi connectivity index (χ1) is 10.6. The maximum atomic E-state index is 12.1. The maximum Gasteiger partial charge on any atom is 0.338 e. The molecule has 0 bridgehead atoms. The summed E-state index contributed by atoms with van der Waals surface area (Å²) >= 11 is 0. The van der Waals surface area contributed by atoms with Crippen molar-refractivity contribution in [2.75, 3.05) is 0 Å². The van der Waals surface area contributed by atoms with Crippen LogP contribution in [0.1, 0.15) is 27.0 Å². The molecule has 0 radical (unpaired) electrons. The topological polar surface area (TPSA) is 63.6 Å². The van der Waals surface area contributed by atoms with Crippen molar-refractivity contribution in [2.24, 2.45) is 5.92 Å². The van der Waals surface area contributed by atoms with Gasteiger partial charge in [-0.25, -0.2) is 4.79 Å². The molecular formula is C18H16O4. The van der Waals surface area contributed by atoms with Crippen molar-refractivity contribution < 1.29 is 19.4 Å². The van der Waals surface area contributed by atoms with Gasteiger partial charge in [-0.15, -0.1) is 0 Å². The van der Waals surface area contributed by atoms with Crippen LogP contribution in [-0.4, -0.2) is 17.0 Å². The number of carbonyl (C=O) groups excluding carboxylic acids is 1. The fourth-order valence-electron chi connectivity index (χ4n) is 2.73. The number of carbonyl (C=O) groups is 2. The summed E-state index contributed by atoms with van der Waals surface area (Å²) in [6.45, 7) is 0.231. The molecule has 0 saturated heterocycles. The highest BCUT2D eigenvalue weighted by Crippen LogP contribution is 2.28. The minimum Gasteiger partial charge on any atom is -0.481 e. The van der Waals surface area contributed by atoms with E-state index in [0.717, 1.165) is 16.7 Å². The maximum absolute atomic E-state index is 12.1. The van der Waals surface area contributed by atoms with E-state index in [1.807, 2.05) is 36.4 Å². The molecule has 2 aromatic carbocycles. The molecule has 1 atom stereocenters. The third kappa shape index (κ3) is 3.01. The number of esters is 1. The Balaban J connectivity index is 1.67. The van der Waals surface area contributed by atoms with Crippen LogP contribution in [0.4, 0.5) is 0 Å². The summed E-state index contributed by atoms with van der Waals surface area (Å²) in [6, 6.07) is 14.8. The van der Waals surface area contributed by atoms with Gasteiger partial charge in [0.2, 0.25) is 0 Å². The van der Waals surface area contributed by atoms with Gasteiger partial charge in [-0.3, -0.25) is 4.79 Å². The number of rotatable bonds is 4. The van der Waals surface area contributed by atoms with E-state index in [1.165, 1.54) is 0 Å². The predicted molar refractivity (Wildman–Crippen MR) is 80.5 cm³/mol. The van der Waals surface area contributed by atoms with Gasteiger partial charge >= 0.3 is 11.9 Å². The van der Waals surface area contributed by atoms with Gasteiger partial charge < -0.3 is 9.84 Å². The minimum atomic E-state index is -0.788. The number of hydrogen-bond acceptors (Lipinski definition) is 3. The third-order valence-corrected chi connectivity index (χ3v) is 3.94. The molecule has 22 heavy (non-hydrogen) atoms. The number of aliphatic carboxylic acids is 1. The van der Waals surface area contributed by atoms with Crippen LogP contribution in [0, 0.1) is 5.92 Å². The van der Waals surface area contributed by atoms with E-state index in [4.69, 9.17) is 9.84 Å². The lowest BCUT2D eigenvalue weighted by Gasteiger charge is -2.06. The summed E-state index contributed by atoms with van der Waals surface area (Å²) in [5.41, 5.74) is 3.34. The highest BCUT2D eigenvalue weighted by atomic mass is 16.5. The first kappa shape index (κ1) is 14.3. The summed E-state index contributed by atoms with van der Waals surface area (Å²) in [7, 11) is 0. The van der Waals surface area contributed by atoms with Crippen molar-refractivity contribution in [2.45, 2.75) is 19.4 Å². The molecular weight excluding hydrogens is 280 g/mol. The zero-order chi connectivity index (χ0) is 15.5. The van der Waals surface area contributed by atoms with Crippen LogP contribution in [-0.2, 0) is 29.0 Å². The van der Waals surface area contributed by atoms with E-state index in [1.54, 1.807) is 12.1 Å². The lowest BCUT2D eigenvalue weighted by atomic mass is 10.1. The molecule has 1 aliphatic rings. The van der Waals surface area contributed by atoms with Crippen molar-refractivity contribution in [1.29, 1.82) is 0 Å². The molecule has 0 amide bonds. The Labute approximate surface area is 128 Å². The Hall–Kier alpha value is -2.62. The van der Waals surface area contributed by atoms with Crippen molar-refractivity contribution in [3.8, 4) is 0 Å². The van der Waals surface area contributed by atoms with E-state index < -0.39 is 5.97 Å². The molecule has 4 heteroatoms. The average Bonchev–Trinajstić information content (AvgIpc) is 2.97. The summed E-state index contributed by atoms with van der Waals surface area (Å²) < 4.78 is 5.29. The zero-order valence-corrected chi connectivity index (χ0v) is 12.0. The van der Waals surface area contributed by atoms with Gasteiger partial charge in [-0.1, -0.05) is 36.4 Å². The molecule has 0 unspecified atom stereocenters. The molecule has 112 valence electrons. The standard InChI is InChI=1S/C18H16O4/c19-17(20)16-8-13-6-7-14(9-15(13)10-16)18(21)22-11-12-4-2-1-3-5-12/h1-7,9,16H,8,10-11H2,(H,19,20)/t16-/m1/s1. The Morgan fingerprint density at radius 2 is 1.77 bits per heavy atom. The van der Waals surface area contributed by atoms with E-state index in [9.17, 15) is 9.59 Å². The molecule has 0 spiro atoms. The molecule has 2 aromatic rings. The second kappa shape index (κ2) is 6.02. The lowest BCUT2D eigenvalue weighted by Crippen LogP contribution is -2.12.